The van der Waals surface area contributed by atoms with Gasteiger partial charge in [-0.3, -0.25) is 14.9 Å². The van der Waals surface area contributed by atoms with Crippen LogP contribution in [0.4, 0.5) is 0 Å². The number of nitrogens with one attached hydrogen (secondary N) is 2. The molecule has 0 spiro atoms. The van der Waals surface area contributed by atoms with Gasteiger partial charge in [-0.1, -0.05) is 20.8 Å². The monoisotopic (exact) mass is 270 g/mol. The summed E-state index contributed by atoms with van der Waals surface area (Å²) >= 11 is 0. The number of hydrogen-bond acceptors (Lipinski definition) is 4. The van der Waals surface area contributed by atoms with Gasteiger partial charge in [0, 0.05) is 5.54 Å². The summed E-state index contributed by atoms with van der Waals surface area (Å²) in [7, 11) is 0. The zero-order valence-electron chi connectivity index (χ0n) is 13.0. The van der Waals surface area contributed by atoms with Crippen molar-refractivity contribution in [2.75, 3.05) is 6.61 Å². The maximum atomic E-state index is 12.3. The van der Waals surface area contributed by atoms with E-state index < -0.39 is 11.6 Å². The highest BCUT2D eigenvalue weighted by atomic mass is 16.5. The van der Waals surface area contributed by atoms with Crippen LogP contribution < -0.4 is 10.6 Å². The SMILES string of the molecule is CC(C)(C)NC(=O)[C@]1(C)COC(=O)[C@H](C(C)(C)C)N1. The molecule has 2 N–H and O–H groups in total. The predicted molar refractivity (Wildman–Crippen MR) is 73.6 cm³/mol. The minimum atomic E-state index is -0.890. The minimum Gasteiger partial charge on any atom is -0.462 e. The Hall–Kier alpha value is -1.10. The third-order valence-corrected chi connectivity index (χ3v) is 3.06. The fourth-order valence-corrected chi connectivity index (χ4v) is 1.90. The molecule has 5 nitrogen and oxygen atoms in total. The minimum absolute atomic E-state index is 0.0559. The first-order chi connectivity index (χ1) is 8.35. The molecule has 1 fully saturated rings. The van der Waals surface area contributed by atoms with Gasteiger partial charge in [-0.15, -0.1) is 0 Å². The first-order valence-electron chi connectivity index (χ1n) is 6.62. The number of ether oxygens (including phenoxy) is 1. The van der Waals surface area contributed by atoms with Crippen LogP contribution in [0, 0.1) is 5.41 Å². The van der Waals surface area contributed by atoms with E-state index in [2.05, 4.69) is 10.6 Å². The lowest BCUT2D eigenvalue weighted by Crippen LogP contribution is -2.69. The van der Waals surface area contributed by atoms with Crippen LogP contribution in [0.1, 0.15) is 48.5 Å². The molecule has 1 aliphatic rings. The molecule has 0 aliphatic carbocycles. The lowest BCUT2D eigenvalue weighted by molar-refractivity contribution is -0.162. The van der Waals surface area contributed by atoms with Crippen LogP contribution >= 0.6 is 0 Å². The smallest absolute Gasteiger partial charge is 0.323 e. The summed E-state index contributed by atoms with van der Waals surface area (Å²) in [5.41, 5.74) is -1.51. The zero-order chi connectivity index (χ0) is 15.1. The molecule has 0 aromatic carbocycles. The molecule has 0 bridgehead atoms. The predicted octanol–water partition coefficient (Wildman–Crippen LogP) is 1.22. The summed E-state index contributed by atoms with van der Waals surface area (Å²) in [6, 6.07) is -0.489. The van der Waals surface area contributed by atoms with Gasteiger partial charge >= 0.3 is 5.97 Å². The molecule has 1 saturated heterocycles. The number of carbonyl (C=O) groups is 2. The Morgan fingerprint density at radius 1 is 1.32 bits per heavy atom. The van der Waals surface area contributed by atoms with Gasteiger partial charge in [-0.2, -0.15) is 0 Å². The average molecular weight is 270 g/mol. The maximum absolute atomic E-state index is 12.3. The van der Waals surface area contributed by atoms with Crippen molar-refractivity contribution in [2.24, 2.45) is 5.41 Å². The largest absolute Gasteiger partial charge is 0.462 e. The fourth-order valence-electron chi connectivity index (χ4n) is 1.90. The van der Waals surface area contributed by atoms with Crippen LogP contribution in [0.5, 0.6) is 0 Å². The number of morpholine rings is 1. The number of hydrogen-bond donors (Lipinski definition) is 2. The van der Waals surface area contributed by atoms with Gasteiger partial charge in [0.15, 0.2) is 0 Å². The van der Waals surface area contributed by atoms with E-state index in [1.807, 2.05) is 41.5 Å². The highest BCUT2D eigenvalue weighted by Crippen LogP contribution is 2.26. The van der Waals surface area contributed by atoms with Gasteiger partial charge < -0.3 is 10.1 Å². The molecular formula is C14H26N2O3. The second-order valence-corrected chi connectivity index (χ2v) is 7.59. The highest BCUT2D eigenvalue weighted by Gasteiger charge is 2.47. The number of esters is 1. The van der Waals surface area contributed by atoms with E-state index in [0.717, 1.165) is 0 Å². The van der Waals surface area contributed by atoms with Crippen LogP contribution in [-0.4, -0.2) is 35.6 Å². The topological polar surface area (TPSA) is 67.4 Å². The Balaban J connectivity index is 2.89. The standard InChI is InChI=1S/C14H26N2O3/c1-12(2,3)9-10(17)19-8-14(7,15-9)11(18)16-13(4,5)6/h9,15H,8H2,1-7H3,(H,16,18)/t9-,14+/m1/s1. The summed E-state index contributed by atoms with van der Waals surface area (Å²) < 4.78 is 5.21. The summed E-state index contributed by atoms with van der Waals surface area (Å²) in [6.45, 7) is 13.4. The van der Waals surface area contributed by atoms with Crippen LogP contribution in [0.3, 0.4) is 0 Å². The maximum Gasteiger partial charge on any atom is 0.323 e. The second kappa shape index (κ2) is 4.78. The number of carbonyl (C=O) groups excluding carboxylic acids is 2. The lowest BCUT2D eigenvalue weighted by Gasteiger charge is -2.43. The third kappa shape index (κ3) is 3.93. The van der Waals surface area contributed by atoms with Crippen molar-refractivity contribution in [3.63, 3.8) is 0 Å². The Morgan fingerprint density at radius 2 is 1.84 bits per heavy atom. The van der Waals surface area contributed by atoms with Crippen molar-refractivity contribution in [1.82, 2.24) is 10.6 Å². The highest BCUT2D eigenvalue weighted by molar-refractivity contribution is 5.89. The Labute approximate surface area is 115 Å². The Kier molecular flexibility index (Phi) is 4.01. The van der Waals surface area contributed by atoms with E-state index in [1.165, 1.54) is 0 Å². The molecule has 1 amide bonds. The number of amides is 1. The van der Waals surface area contributed by atoms with E-state index in [1.54, 1.807) is 6.92 Å². The normalized spacial score (nSPS) is 28.8. The first kappa shape index (κ1) is 16.0. The molecule has 0 aromatic heterocycles. The zero-order valence-corrected chi connectivity index (χ0v) is 13.0. The second-order valence-electron chi connectivity index (χ2n) is 7.59. The third-order valence-electron chi connectivity index (χ3n) is 3.06. The Bertz CT molecular complexity index is 379. The molecule has 1 rings (SSSR count). The number of rotatable bonds is 1. The molecule has 0 aromatic rings. The van der Waals surface area contributed by atoms with Crippen molar-refractivity contribution >= 4 is 11.9 Å². The number of cyclic esters (lactones) is 1. The Morgan fingerprint density at radius 3 is 2.26 bits per heavy atom. The van der Waals surface area contributed by atoms with Crippen molar-refractivity contribution in [3.05, 3.63) is 0 Å². The molecule has 1 heterocycles. The summed E-state index contributed by atoms with van der Waals surface area (Å²) in [4.78, 5) is 24.2. The average Bonchev–Trinajstić information content (AvgIpc) is 2.18. The van der Waals surface area contributed by atoms with E-state index in [9.17, 15) is 9.59 Å². The summed E-state index contributed by atoms with van der Waals surface area (Å²) in [5, 5.41) is 6.08. The van der Waals surface area contributed by atoms with Crippen molar-refractivity contribution in [3.8, 4) is 0 Å². The van der Waals surface area contributed by atoms with Crippen LogP contribution in [0.15, 0.2) is 0 Å². The molecule has 0 saturated carbocycles. The quantitative estimate of drug-likeness (QED) is 0.703. The van der Waals surface area contributed by atoms with E-state index in [4.69, 9.17) is 4.74 Å². The van der Waals surface area contributed by atoms with Gasteiger partial charge in [-0.25, -0.2) is 0 Å². The van der Waals surface area contributed by atoms with Crippen molar-refractivity contribution in [1.29, 1.82) is 0 Å². The molecule has 0 unspecified atom stereocenters. The summed E-state index contributed by atoms with van der Waals surface area (Å²) in [5.74, 6) is -0.449. The van der Waals surface area contributed by atoms with Crippen LogP contribution in [0.25, 0.3) is 0 Å². The van der Waals surface area contributed by atoms with E-state index >= 15 is 0 Å². The van der Waals surface area contributed by atoms with Crippen molar-refractivity contribution in [2.45, 2.75) is 65.6 Å². The van der Waals surface area contributed by atoms with Crippen LogP contribution in [0.2, 0.25) is 0 Å². The fraction of sp³-hybridized carbons (Fsp3) is 0.857. The molecule has 110 valence electrons. The molecule has 5 heteroatoms. The van der Waals surface area contributed by atoms with Gasteiger partial charge in [0.2, 0.25) is 5.91 Å². The van der Waals surface area contributed by atoms with Gasteiger partial charge in [0.25, 0.3) is 0 Å². The van der Waals surface area contributed by atoms with Gasteiger partial charge in [0.05, 0.1) is 0 Å². The summed E-state index contributed by atoms with van der Waals surface area (Å²) in [6.07, 6.45) is 0. The molecule has 1 aliphatic heterocycles. The molecule has 19 heavy (non-hydrogen) atoms. The lowest BCUT2D eigenvalue weighted by atomic mass is 9.83. The first-order valence-corrected chi connectivity index (χ1v) is 6.62. The van der Waals surface area contributed by atoms with Gasteiger partial charge in [0.1, 0.15) is 18.2 Å². The molecule has 2 atom stereocenters. The molecular weight excluding hydrogens is 244 g/mol. The van der Waals surface area contributed by atoms with Gasteiger partial charge in [-0.05, 0) is 33.1 Å². The van der Waals surface area contributed by atoms with Crippen molar-refractivity contribution < 1.29 is 14.3 Å². The molecule has 0 radical (unpaired) electrons. The van der Waals surface area contributed by atoms with E-state index in [-0.39, 0.29) is 29.4 Å². The van der Waals surface area contributed by atoms with Crippen LogP contribution in [-0.2, 0) is 14.3 Å². The van der Waals surface area contributed by atoms with E-state index in [0.29, 0.717) is 0 Å².